The Bertz CT molecular complexity index is 3370. The Morgan fingerprint density at radius 1 is 0.756 bits per heavy atom. The van der Waals surface area contributed by atoms with Crippen LogP contribution in [0.1, 0.15) is 69.1 Å². The zero-order chi connectivity index (χ0) is 55.6. The van der Waals surface area contributed by atoms with E-state index in [4.69, 9.17) is 26.3 Å². The summed E-state index contributed by atoms with van der Waals surface area (Å²) in [7, 11) is 5.46. The first-order valence-corrected chi connectivity index (χ1v) is 25.6. The number of nitrogens with zero attached hydrogens (tertiary/aromatic N) is 11. The minimum Gasteiger partial charge on any atom is -0.496 e. The number of aromatic nitrogens is 5. The number of carbonyl (C=O) groups is 3. The Labute approximate surface area is 455 Å². The minimum atomic E-state index is -4.57. The van der Waals surface area contributed by atoms with Gasteiger partial charge >= 0.3 is 18.2 Å². The normalized spacial score (nSPS) is 14.7. The smallest absolute Gasteiger partial charge is 0.416 e. The number of benzene rings is 4. The molecule has 0 radical (unpaired) electrons. The highest BCUT2D eigenvalue weighted by Gasteiger charge is 2.37. The van der Waals surface area contributed by atoms with Crippen molar-refractivity contribution in [2.24, 2.45) is 0 Å². The summed E-state index contributed by atoms with van der Waals surface area (Å²) in [6, 6.07) is 24.3. The molecule has 3 aliphatic rings. The molecule has 0 spiro atoms. The molecule has 6 heterocycles. The number of aryl methyl sites for hydroxylation is 3. The first-order valence-electron chi connectivity index (χ1n) is 25.3. The third kappa shape index (κ3) is 11.8. The second-order valence-corrected chi connectivity index (χ2v) is 20.1. The van der Waals surface area contributed by atoms with Crippen molar-refractivity contribution in [3.05, 3.63) is 165 Å². The molecule has 78 heavy (non-hydrogen) atoms. The fourth-order valence-electron chi connectivity index (χ4n) is 9.46. The van der Waals surface area contributed by atoms with Crippen LogP contribution in [-0.4, -0.2) is 101 Å². The molecule has 1 fully saturated rings. The van der Waals surface area contributed by atoms with Crippen LogP contribution in [0.4, 0.5) is 68.8 Å². The van der Waals surface area contributed by atoms with Crippen LogP contribution in [0, 0.1) is 20.8 Å². The lowest BCUT2D eigenvalue weighted by atomic mass is 10.1. The molecule has 7 aromatic rings. The van der Waals surface area contributed by atoms with Gasteiger partial charge in [-0.05, 0) is 107 Å². The van der Waals surface area contributed by atoms with Gasteiger partial charge in [0.25, 0.3) is 5.91 Å². The SMILES string of the molecule is COc1cc(N2CCN(C)CC2)ccc1Cc1ncc2c(n1)N(C(C)C)C(=O)N(c1c(C)cccc1Cl)C2.Cc1ccc(Nc2ncc3c(n2)N(C)C(=O)N(c2cc(NC(=O)c4cccc(C(F)(F)F)c4)ccc2C)C3)cn1. The van der Waals surface area contributed by atoms with E-state index < -0.39 is 17.6 Å². The lowest BCUT2D eigenvalue weighted by Crippen LogP contribution is -2.51. The highest BCUT2D eigenvalue weighted by Crippen LogP contribution is 2.39. The summed E-state index contributed by atoms with van der Waals surface area (Å²) in [4.78, 5) is 73.7. The van der Waals surface area contributed by atoms with E-state index >= 15 is 0 Å². The third-order valence-electron chi connectivity index (χ3n) is 13.7. The zero-order valence-electron chi connectivity index (χ0n) is 44.5. The van der Waals surface area contributed by atoms with Crippen molar-refractivity contribution in [1.29, 1.82) is 0 Å². The number of amides is 5. The Morgan fingerprint density at radius 3 is 2.18 bits per heavy atom. The van der Waals surface area contributed by atoms with E-state index in [1.807, 2.05) is 71.1 Å². The standard InChI is InChI=1S/C29H35ClN6O2.C28H24F3N7O2/c1-19(2)36-28-22(18-35(29(36)37)27-20(3)7-6-8-24(27)30)17-31-26(32-28)15-21-9-10-23(16-25(21)38-5)34-13-11-33(4)12-14-34;1-16-7-9-21(34-25(39)18-5-4-6-20(11-18)28(29,30)31)12-23(16)38-15-19-13-33-26(36-24(19)37(3)27(38)40)35-22-10-8-17(2)32-14-22/h6-10,16-17,19H,11-15,18H2,1-5H3;4-14H,15H2,1-3H3,(H,34,39)(H,33,35,36). The average Bonchev–Trinajstić information content (AvgIpc) is 3.56. The Morgan fingerprint density at radius 2 is 1.47 bits per heavy atom. The summed E-state index contributed by atoms with van der Waals surface area (Å²) in [5.41, 5.74) is 7.57. The largest absolute Gasteiger partial charge is 0.496 e. The number of alkyl halides is 3. The van der Waals surface area contributed by atoms with Gasteiger partial charge in [-0.15, -0.1) is 0 Å². The van der Waals surface area contributed by atoms with E-state index in [0.717, 1.165) is 83.4 Å². The monoisotopic (exact) mass is 1080 g/mol. The van der Waals surface area contributed by atoms with Gasteiger partial charge in [0.2, 0.25) is 5.95 Å². The highest BCUT2D eigenvalue weighted by atomic mass is 35.5. The van der Waals surface area contributed by atoms with Gasteiger partial charge in [-0.3, -0.25) is 29.4 Å². The van der Waals surface area contributed by atoms with E-state index in [9.17, 15) is 27.6 Å². The lowest BCUT2D eigenvalue weighted by molar-refractivity contribution is -0.137. The number of para-hydroxylation sites is 1. The number of fused-ring (bicyclic) bond motifs is 2. The average molecular weight is 1080 g/mol. The number of nitrogens with one attached hydrogen (secondary N) is 2. The number of likely N-dealkylation sites (N-methyl/N-ethyl adjacent to an activating group) is 1. The summed E-state index contributed by atoms with van der Waals surface area (Å²) in [6.45, 7) is 14.3. The molecule has 10 rings (SSSR count). The van der Waals surface area contributed by atoms with E-state index in [-0.39, 0.29) is 30.2 Å². The number of anilines is 8. The van der Waals surface area contributed by atoms with E-state index in [1.54, 1.807) is 54.6 Å². The van der Waals surface area contributed by atoms with Crippen molar-refractivity contribution in [3.8, 4) is 5.75 Å². The molecule has 0 unspecified atom stereocenters. The van der Waals surface area contributed by atoms with Crippen molar-refractivity contribution in [2.45, 2.75) is 66.3 Å². The minimum absolute atomic E-state index is 0.0907. The molecule has 2 N–H and O–H groups in total. The summed E-state index contributed by atoms with van der Waals surface area (Å²) in [5, 5.41) is 6.26. The van der Waals surface area contributed by atoms with Gasteiger partial charge in [-0.1, -0.05) is 41.9 Å². The molecular weight excluding hydrogens is 1020 g/mol. The van der Waals surface area contributed by atoms with Crippen LogP contribution in [-0.2, 0) is 25.7 Å². The lowest BCUT2D eigenvalue weighted by Gasteiger charge is -2.39. The molecule has 3 aromatic heterocycles. The van der Waals surface area contributed by atoms with Crippen LogP contribution in [0.15, 0.2) is 110 Å². The first-order chi connectivity index (χ1) is 37.3. The number of rotatable bonds is 11. The molecule has 404 valence electrons. The maximum atomic E-state index is 13.7. The van der Waals surface area contributed by atoms with E-state index in [2.05, 4.69) is 60.6 Å². The van der Waals surface area contributed by atoms with Gasteiger partial charge < -0.3 is 25.2 Å². The van der Waals surface area contributed by atoms with Crippen molar-refractivity contribution >= 4 is 75.6 Å². The topological polar surface area (TPSA) is 168 Å². The van der Waals surface area contributed by atoms with Gasteiger partial charge in [-0.2, -0.15) is 18.2 Å². The van der Waals surface area contributed by atoms with Crippen LogP contribution >= 0.6 is 11.6 Å². The number of ether oxygens (including phenoxy) is 1. The number of hydrogen-bond donors (Lipinski definition) is 2. The Hall–Kier alpha value is -8.36. The summed E-state index contributed by atoms with van der Waals surface area (Å²) in [6.07, 6.45) is 1.08. The molecule has 1 saturated heterocycles. The van der Waals surface area contributed by atoms with Gasteiger partial charge in [0.05, 0.1) is 54.0 Å². The molecule has 0 saturated carbocycles. The van der Waals surface area contributed by atoms with E-state index in [0.29, 0.717) is 64.0 Å². The number of pyridine rings is 1. The van der Waals surface area contributed by atoms with Crippen molar-refractivity contribution in [3.63, 3.8) is 0 Å². The maximum Gasteiger partial charge on any atom is 0.416 e. The fourth-order valence-corrected chi connectivity index (χ4v) is 9.78. The second kappa shape index (κ2) is 22.7. The van der Waals surface area contributed by atoms with Gasteiger partial charge in [-0.25, -0.2) is 24.5 Å². The Balaban J connectivity index is 0.000000190. The number of methoxy groups -OCH3 is 1. The molecule has 17 nitrogen and oxygen atoms in total. The fraction of sp³-hybridized carbons (Fsp3) is 0.298. The van der Waals surface area contributed by atoms with Crippen LogP contribution < -0.4 is 39.9 Å². The zero-order valence-corrected chi connectivity index (χ0v) is 45.2. The number of carbonyl (C=O) groups excluding carboxylic acids is 3. The van der Waals surface area contributed by atoms with Crippen LogP contribution in [0.3, 0.4) is 0 Å². The molecule has 0 atom stereocenters. The Kier molecular flexibility index (Phi) is 15.8. The predicted octanol–water partition coefficient (Wildman–Crippen LogP) is 11.2. The van der Waals surface area contributed by atoms with Crippen molar-refractivity contribution < 1.29 is 32.3 Å². The number of piperazine rings is 1. The maximum absolute atomic E-state index is 13.7. The second-order valence-electron chi connectivity index (χ2n) is 19.7. The molecule has 0 bridgehead atoms. The summed E-state index contributed by atoms with van der Waals surface area (Å²) in [5.74, 6) is 2.18. The molecule has 3 aliphatic heterocycles. The number of urea groups is 2. The number of halogens is 4. The predicted molar refractivity (Wildman–Crippen MR) is 298 cm³/mol. The van der Waals surface area contributed by atoms with Gasteiger partial charge in [0.15, 0.2) is 0 Å². The summed E-state index contributed by atoms with van der Waals surface area (Å²) < 4.78 is 45.0. The van der Waals surface area contributed by atoms with Crippen molar-refractivity contribution in [1.82, 2.24) is 29.8 Å². The molecule has 21 heteroatoms. The number of hydrogen-bond acceptors (Lipinski definition) is 12. The first kappa shape index (κ1) is 54.4. The molecular formula is C57H59ClF3N13O4. The van der Waals surface area contributed by atoms with Gasteiger partial charge in [0.1, 0.15) is 23.2 Å². The van der Waals surface area contributed by atoms with E-state index in [1.165, 1.54) is 21.9 Å². The summed E-state index contributed by atoms with van der Waals surface area (Å²) >= 11 is 6.53. The van der Waals surface area contributed by atoms with Crippen LogP contribution in [0.5, 0.6) is 5.75 Å². The van der Waals surface area contributed by atoms with Crippen LogP contribution in [0.2, 0.25) is 5.02 Å². The van der Waals surface area contributed by atoms with Gasteiger partial charge in [0, 0.05) is 103 Å². The molecule has 5 amide bonds. The third-order valence-corrected chi connectivity index (χ3v) is 14.0. The molecule has 0 aliphatic carbocycles. The highest BCUT2D eigenvalue weighted by molar-refractivity contribution is 6.34. The quantitative estimate of drug-likeness (QED) is 0.126. The molecule has 4 aromatic carbocycles. The van der Waals surface area contributed by atoms with Crippen molar-refractivity contribution in [2.75, 3.05) is 82.5 Å². The van der Waals surface area contributed by atoms with Crippen LogP contribution in [0.25, 0.3) is 0 Å².